The van der Waals surface area contributed by atoms with Gasteiger partial charge in [-0.15, -0.1) is 11.3 Å². The van der Waals surface area contributed by atoms with Crippen molar-refractivity contribution in [1.29, 1.82) is 0 Å². The molecule has 0 saturated heterocycles. The Balaban J connectivity index is 2.39. The van der Waals surface area contributed by atoms with Gasteiger partial charge >= 0.3 is 0 Å². The van der Waals surface area contributed by atoms with E-state index < -0.39 is 0 Å². The fraction of sp³-hybridized carbons (Fsp3) is 0. The third kappa shape index (κ3) is 1.91. The number of hydrogen-bond donors (Lipinski definition) is 0. The topological polar surface area (TPSA) is 30.0 Å². The summed E-state index contributed by atoms with van der Waals surface area (Å²) < 4.78 is 1.04. The van der Waals surface area contributed by atoms with E-state index in [4.69, 9.17) is 0 Å². The standard InChI is InChI=1S/C10H6BrNOS/c11-8-3-1-7(2-4-8)10-12-5-9(6-13)14-10/h1-6H. The molecule has 0 amide bonds. The van der Waals surface area contributed by atoms with Gasteiger partial charge in [-0.05, 0) is 12.1 Å². The van der Waals surface area contributed by atoms with E-state index in [0.717, 1.165) is 21.3 Å². The highest BCUT2D eigenvalue weighted by atomic mass is 79.9. The van der Waals surface area contributed by atoms with Gasteiger partial charge in [-0.2, -0.15) is 0 Å². The summed E-state index contributed by atoms with van der Waals surface area (Å²) in [5.41, 5.74) is 1.03. The summed E-state index contributed by atoms with van der Waals surface area (Å²) in [6.07, 6.45) is 2.41. The molecular weight excluding hydrogens is 262 g/mol. The summed E-state index contributed by atoms with van der Waals surface area (Å²) in [4.78, 5) is 15.3. The highest BCUT2D eigenvalue weighted by Gasteiger charge is 2.03. The molecule has 1 aromatic carbocycles. The Kier molecular flexibility index (Phi) is 2.74. The van der Waals surface area contributed by atoms with Crippen molar-refractivity contribution in [3.63, 3.8) is 0 Å². The molecule has 0 aliphatic carbocycles. The van der Waals surface area contributed by atoms with Crippen LogP contribution in [0.5, 0.6) is 0 Å². The number of carbonyl (C=O) groups excluding carboxylic acids is 1. The van der Waals surface area contributed by atoms with Crippen molar-refractivity contribution in [1.82, 2.24) is 4.98 Å². The van der Waals surface area contributed by atoms with Gasteiger partial charge in [0.05, 0.1) is 4.88 Å². The molecular formula is C10H6BrNOS. The first-order chi connectivity index (χ1) is 6.79. The summed E-state index contributed by atoms with van der Waals surface area (Å²) >= 11 is 4.76. The van der Waals surface area contributed by atoms with Crippen LogP contribution in [0.4, 0.5) is 0 Å². The molecule has 0 aliphatic heterocycles. The Bertz CT molecular complexity index is 449. The Hall–Kier alpha value is -1.000. The normalized spacial score (nSPS) is 10.1. The number of carbonyl (C=O) groups is 1. The smallest absolute Gasteiger partial charge is 0.161 e. The van der Waals surface area contributed by atoms with Crippen LogP contribution < -0.4 is 0 Å². The van der Waals surface area contributed by atoms with Crippen molar-refractivity contribution in [2.24, 2.45) is 0 Å². The van der Waals surface area contributed by atoms with Gasteiger partial charge in [-0.3, -0.25) is 4.79 Å². The van der Waals surface area contributed by atoms with Crippen LogP contribution in [0.25, 0.3) is 10.6 Å². The van der Waals surface area contributed by atoms with Gasteiger partial charge in [-0.1, -0.05) is 28.1 Å². The lowest BCUT2D eigenvalue weighted by molar-refractivity contribution is 0.112. The van der Waals surface area contributed by atoms with Gasteiger partial charge in [0.25, 0.3) is 0 Å². The molecule has 14 heavy (non-hydrogen) atoms. The Labute approximate surface area is 93.7 Å². The van der Waals surface area contributed by atoms with E-state index in [2.05, 4.69) is 20.9 Å². The van der Waals surface area contributed by atoms with Gasteiger partial charge < -0.3 is 0 Å². The monoisotopic (exact) mass is 267 g/mol. The van der Waals surface area contributed by atoms with E-state index >= 15 is 0 Å². The molecule has 2 aromatic rings. The first-order valence-corrected chi connectivity index (χ1v) is 5.57. The van der Waals surface area contributed by atoms with Gasteiger partial charge in [0.1, 0.15) is 5.01 Å². The summed E-state index contributed by atoms with van der Waals surface area (Å²) in [6.45, 7) is 0. The summed E-state index contributed by atoms with van der Waals surface area (Å²) in [5, 5.41) is 0.875. The Morgan fingerprint density at radius 3 is 2.57 bits per heavy atom. The molecule has 70 valence electrons. The second-order valence-corrected chi connectivity index (χ2v) is 4.67. The first kappa shape index (κ1) is 9.55. The maximum Gasteiger partial charge on any atom is 0.161 e. The third-order valence-electron chi connectivity index (χ3n) is 1.73. The van der Waals surface area contributed by atoms with Crippen molar-refractivity contribution in [3.8, 4) is 10.6 Å². The Morgan fingerprint density at radius 2 is 2.00 bits per heavy atom. The molecule has 0 fully saturated rings. The molecule has 0 atom stereocenters. The van der Waals surface area contributed by atoms with E-state index in [-0.39, 0.29) is 0 Å². The average molecular weight is 268 g/mol. The van der Waals surface area contributed by atoms with Gasteiger partial charge in [0.2, 0.25) is 0 Å². The lowest BCUT2D eigenvalue weighted by Gasteiger charge is -1.94. The summed E-state index contributed by atoms with van der Waals surface area (Å²) in [6, 6.07) is 7.85. The molecule has 1 heterocycles. The Morgan fingerprint density at radius 1 is 1.29 bits per heavy atom. The number of halogens is 1. The maximum absolute atomic E-state index is 10.5. The molecule has 4 heteroatoms. The van der Waals surface area contributed by atoms with Crippen LogP contribution in [0.1, 0.15) is 9.67 Å². The number of aldehydes is 1. The quantitative estimate of drug-likeness (QED) is 0.781. The molecule has 2 rings (SSSR count). The van der Waals surface area contributed by atoms with Crippen molar-refractivity contribution in [2.75, 3.05) is 0 Å². The average Bonchev–Trinajstić information content (AvgIpc) is 2.67. The first-order valence-electron chi connectivity index (χ1n) is 3.96. The fourth-order valence-electron chi connectivity index (χ4n) is 1.07. The largest absolute Gasteiger partial charge is 0.297 e. The molecule has 1 aromatic heterocycles. The maximum atomic E-state index is 10.5. The van der Waals surface area contributed by atoms with Crippen molar-refractivity contribution >= 4 is 33.6 Å². The molecule has 0 aliphatic rings. The van der Waals surface area contributed by atoms with Crippen LogP contribution in [0.3, 0.4) is 0 Å². The molecule has 0 saturated carbocycles. The fourth-order valence-corrected chi connectivity index (χ4v) is 2.07. The number of aromatic nitrogens is 1. The van der Waals surface area contributed by atoms with Crippen LogP contribution in [-0.4, -0.2) is 11.3 Å². The van der Waals surface area contributed by atoms with Crippen LogP contribution in [0.15, 0.2) is 34.9 Å². The number of rotatable bonds is 2. The molecule has 2 nitrogen and oxygen atoms in total. The van der Waals surface area contributed by atoms with E-state index in [1.165, 1.54) is 11.3 Å². The minimum Gasteiger partial charge on any atom is -0.297 e. The minimum absolute atomic E-state index is 0.655. The number of nitrogens with zero attached hydrogens (tertiary/aromatic N) is 1. The van der Waals surface area contributed by atoms with Gasteiger partial charge in [0, 0.05) is 16.2 Å². The second-order valence-electron chi connectivity index (χ2n) is 2.69. The van der Waals surface area contributed by atoms with E-state index in [1.807, 2.05) is 24.3 Å². The van der Waals surface area contributed by atoms with Crippen LogP contribution >= 0.6 is 27.3 Å². The SMILES string of the molecule is O=Cc1cnc(-c2ccc(Br)cc2)s1. The lowest BCUT2D eigenvalue weighted by Crippen LogP contribution is -1.73. The second kappa shape index (κ2) is 4.02. The van der Waals surface area contributed by atoms with Crippen LogP contribution in [0.2, 0.25) is 0 Å². The van der Waals surface area contributed by atoms with Crippen LogP contribution in [-0.2, 0) is 0 Å². The van der Waals surface area contributed by atoms with Crippen LogP contribution in [0, 0.1) is 0 Å². The summed E-state index contributed by atoms with van der Waals surface area (Å²) in [5.74, 6) is 0. The highest BCUT2D eigenvalue weighted by Crippen LogP contribution is 2.25. The predicted molar refractivity (Wildman–Crippen MR) is 60.6 cm³/mol. The van der Waals surface area contributed by atoms with E-state index in [9.17, 15) is 4.79 Å². The zero-order valence-corrected chi connectivity index (χ0v) is 9.51. The van der Waals surface area contributed by atoms with Gasteiger partial charge in [0.15, 0.2) is 6.29 Å². The summed E-state index contributed by atoms with van der Waals surface area (Å²) in [7, 11) is 0. The van der Waals surface area contributed by atoms with Gasteiger partial charge in [-0.25, -0.2) is 4.98 Å². The number of benzene rings is 1. The molecule has 0 N–H and O–H groups in total. The molecule has 0 spiro atoms. The third-order valence-corrected chi connectivity index (χ3v) is 3.23. The van der Waals surface area contributed by atoms with Crippen molar-refractivity contribution in [3.05, 3.63) is 39.8 Å². The molecule has 0 radical (unpaired) electrons. The zero-order chi connectivity index (χ0) is 9.97. The minimum atomic E-state index is 0.655. The van der Waals surface area contributed by atoms with E-state index in [0.29, 0.717) is 4.88 Å². The molecule has 0 bridgehead atoms. The zero-order valence-electron chi connectivity index (χ0n) is 7.11. The predicted octanol–water partition coefficient (Wildman–Crippen LogP) is 3.39. The lowest BCUT2D eigenvalue weighted by atomic mass is 10.2. The van der Waals surface area contributed by atoms with E-state index in [1.54, 1.807) is 6.20 Å². The molecule has 0 unspecified atom stereocenters. The van der Waals surface area contributed by atoms with Crippen molar-refractivity contribution in [2.45, 2.75) is 0 Å². The highest BCUT2D eigenvalue weighted by molar-refractivity contribution is 9.10. The number of thiazole rings is 1. The number of hydrogen-bond acceptors (Lipinski definition) is 3. The van der Waals surface area contributed by atoms with Crippen molar-refractivity contribution < 1.29 is 4.79 Å².